The maximum atomic E-state index is 11.5. The number of nitrogens with one attached hydrogen (secondary N) is 3. The number of amides is 3. The number of anilines is 2. The molecule has 5 nitrogen and oxygen atoms in total. The first-order valence-electron chi connectivity index (χ1n) is 6.48. The number of rotatable bonds is 5. The largest absolute Gasteiger partial charge is 0.338 e. The van der Waals surface area contributed by atoms with Crippen molar-refractivity contribution in [2.75, 3.05) is 17.2 Å². The van der Waals surface area contributed by atoms with Crippen LogP contribution in [0.5, 0.6) is 0 Å². The number of hydrogen-bond acceptors (Lipinski definition) is 2. The molecule has 0 aromatic heterocycles. The molecule has 0 aliphatic carbocycles. The van der Waals surface area contributed by atoms with Crippen LogP contribution >= 0.6 is 0 Å². The molecule has 1 aromatic rings. The molecule has 0 heterocycles. The van der Waals surface area contributed by atoms with Crippen LogP contribution in [-0.4, -0.2) is 18.5 Å². The fourth-order valence-corrected chi connectivity index (χ4v) is 1.34. The maximum Gasteiger partial charge on any atom is 0.319 e. The number of urea groups is 1. The van der Waals surface area contributed by atoms with Gasteiger partial charge in [0.2, 0.25) is 5.91 Å². The molecule has 5 heteroatoms. The summed E-state index contributed by atoms with van der Waals surface area (Å²) in [6.07, 6.45) is 0.896. The van der Waals surface area contributed by atoms with Crippen molar-refractivity contribution in [3.63, 3.8) is 0 Å². The van der Waals surface area contributed by atoms with E-state index in [9.17, 15) is 9.59 Å². The van der Waals surface area contributed by atoms with Gasteiger partial charge < -0.3 is 16.0 Å². The summed E-state index contributed by atoms with van der Waals surface area (Å²) in [4.78, 5) is 22.9. The van der Waals surface area contributed by atoms with Crippen molar-refractivity contribution in [2.45, 2.75) is 27.2 Å². The van der Waals surface area contributed by atoms with E-state index >= 15 is 0 Å². The highest BCUT2D eigenvalue weighted by molar-refractivity contribution is 5.93. The van der Waals surface area contributed by atoms with Crippen LogP contribution in [0.1, 0.15) is 27.2 Å². The zero-order valence-corrected chi connectivity index (χ0v) is 11.6. The van der Waals surface area contributed by atoms with Gasteiger partial charge in [-0.05, 0) is 30.7 Å². The van der Waals surface area contributed by atoms with Crippen molar-refractivity contribution in [1.29, 1.82) is 0 Å². The summed E-state index contributed by atoms with van der Waals surface area (Å²) >= 11 is 0. The fraction of sp³-hybridized carbons (Fsp3) is 0.429. The van der Waals surface area contributed by atoms with E-state index in [-0.39, 0.29) is 17.9 Å². The van der Waals surface area contributed by atoms with Crippen LogP contribution in [0.25, 0.3) is 0 Å². The van der Waals surface area contributed by atoms with Crippen molar-refractivity contribution in [2.24, 2.45) is 5.92 Å². The standard InChI is InChI=1S/C14H21N3O2/c1-4-9-15-14(19)17-12-7-5-11(6-8-12)16-13(18)10(2)3/h5-8,10H,4,9H2,1-3H3,(H,16,18)(H2,15,17,19). The van der Waals surface area contributed by atoms with E-state index in [4.69, 9.17) is 0 Å². The third kappa shape index (κ3) is 5.42. The highest BCUT2D eigenvalue weighted by Gasteiger charge is 2.07. The maximum absolute atomic E-state index is 11.5. The molecule has 0 unspecified atom stereocenters. The molecule has 0 atom stereocenters. The quantitative estimate of drug-likeness (QED) is 0.764. The van der Waals surface area contributed by atoms with Gasteiger partial charge in [0.1, 0.15) is 0 Å². The Morgan fingerprint density at radius 2 is 1.58 bits per heavy atom. The van der Waals surface area contributed by atoms with Crippen LogP contribution < -0.4 is 16.0 Å². The number of carbonyl (C=O) groups is 2. The first-order valence-corrected chi connectivity index (χ1v) is 6.48. The monoisotopic (exact) mass is 263 g/mol. The minimum absolute atomic E-state index is 0.0265. The smallest absolute Gasteiger partial charge is 0.319 e. The first kappa shape index (κ1) is 15.0. The second-order valence-electron chi connectivity index (χ2n) is 4.60. The van der Waals surface area contributed by atoms with Crippen LogP contribution in [0.3, 0.4) is 0 Å². The topological polar surface area (TPSA) is 70.2 Å². The highest BCUT2D eigenvalue weighted by Crippen LogP contribution is 2.14. The summed E-state index contributed by atoms with van der Waals surface area (Å²) < 4.78 is 0. The van der Waals surface area contributed by atoms with Gasteiger partial charge in [0, 0.05) is 23.8 Å². The third-order valence-electron chi connectivity index (χ3n) is 2.47. The highest BCUT2D eigenvalue weighted by atomic mass is 16.2. The van der Waals surface area contributed by atoms with Crippen LogP contribution in [-0.2, 0) is 4.79 Å². The van der Waals surface area contributed by atoms with Gasteiger partial charge >= 0.3 is 6.03 Å². The van der Waals surface area contributed by atoms with Gasteiger partial charge in [-0.25, -0.2) is 4.79 Å². The summed E-state index contributed by atoms with van der Waals surface area (Å²) in [5.41, 5.74) is 1.41. The Bertz CT molecular complexity index is 427. The van der Waals surface area contributed by atoms with E-state index in [1.165, 1.54) is 0 Å². The Morgan fingerprint density at radius 3 is 2.05 bits per heavy atom. The normalized spacial score (nSPS) is 10.1. The molecule has 0 radical (unpaired) electrons. The van der Waals surface area contributed by atoms with Crippen molar-refractivity contribution in [3.05, 3.63) is 24.3 Å². The van der Waals surface area contributed by atoms with Crippen molar-refractivity contribution in [3.8, 4) is 0 Å². The second kappa shape index (κ2) is 7.41. The van der Waals surface area contributed by atoms with Crippen LogP contribution in [0.4, 0.5) is 16.2 Å². The summed E-state index contributed by atoms with van der Waals surface area (Å²) in [6, 6.07) is 6.80. The van der Waals surface area contributed by atoms with Gasteiger partial charge in [-0.1, -0.05) is 20.8 Å². The SMILES string of the molecule is CCCNC(=O)Nc1ccc(NC(=O)C(C)C)cc1. The van der Waals surface area contributed by atoms with Crippen molar-refractivity contribution >= 4 is 23.3 Å². The molecule has 1 rings (SSSR count). The molecular weight excluding hydrogens is 242 g/mol. The first-order chi connectivity index (χ1) is 9.02. The molecule has 1 aromatic carbocycles. The van der Waals surface area contributed by atoms with Crippen molar-refractivity contribution < 1.29 is 9.59 Å². The van der Waals surface area contributed by atoms with E-state index < -0.39 is 0 Å². The van der Waals surface area contributed by atoms with Gasteiger partial charge in [-0.2, -0.15) is 0 Å². The van der Waals surface area contributed by atoms with Gasteiger partial charge in [-0.15, -0.1) is 0 Å². The van der Waals surface area contributed by atoms with E-state index in [1.807, 2.05) is 20.8 Å². The number of benzene rings is 1. The lowest BCUT2D eigenvalue weighted by Crippen LogP contribution is -2.29. The van der Waals surface area contributed by atoms with Gasteiger partial charge in [-0.3, -0.25) is 4.79 Å². The molecule has 0 aliphatic rings. The van der Waals surface area contributed by atoms with Gasteiger partial charge in [0.05, 0.1) is 0 Å². The molecule has 0 spiro atoms. The van der Waals surface area contributed by atoms with Gasteiger partial charge in [0.25, 0.3) is 0 Å². The number of hydrogen-bond donors (Lipinski definition) is 3. The van der Waals surface area contributed by atoms with E-state index in [2.05, 4.69) is 16.0 Å². The molecule has 0 saturated heterocycles. The summed E-state index contributed by atoms with van der Waals surface area (Å²) in [6.45, 7) is 6.31. The van der Waals surface area contributed by atoms with Gasteiger partial charge in [0.15, 0.2) is 0 Å². The van der Waals surface area contributed by atoms with E-state index in [0.29, 0.717) is 12.2 Å². The van der Waals surface area contributed by atoms with E-state index in [1.54, 1.807) is 24.3 Å². The van der Waals surface area contributed by atoms with Crippen LogP contribution in [0.15, 0.2) is 24.3 Å². The molecule has 19 heavy (non-hydrogen) atoms. The fourth-order valence-electron chi connectivity index (χ4n) is 1.34. The molecule has 104 valence electrons. The average Bonchev–Trinajstić information content (AvgIpc) is 2.38. The minimum atomic E-state index is -0.221. The Balaban J connectivity index is 2.52. The molecule has 0 aliphatic heterocycles. The number of carbonyl (C=O) groups excluding carboxylic acids is 2. The average molecular weight is 263 g/mol. The summed E-state index contributed by atoms with van der Waals surface area (Å²) in [5.74, 6) is -0.0842. The van der Waals surface area contributed by atoms with Crippen molar-refractivity contribution in [1.82, 2.24) is 5.32 Å². The van der Waals surface area contributed by atoms with Crippen LogP contribution in [0, 0.1) is 5.92 Å². The summed E-state index contributed by atoms with van der Waals surface area (Å²) in [5, 5.41) is 8.23. The predicted octanol–water partition coefficient (Wildman–Crippen LogP) is 2.81. The zero-order chi connectivity index (χ0) is 14.3. The molecule has 3 amide bonds. The Morgan fingerprint density at radius 1 is 1.05 bits per heavy atom. The lowest BCUT2D eigenvalue weighted by Gasteiger charge is -2.09. The molecule has 3 N–H and O–H groups in total. The zero-order valence-electron chi connectivity index (χ0n) is 11.6. The molecular formula is C14H21N3O2. The lowest BCUT2D eigenvalue weighted by atomic mass is 10.2. The minimum Gasteiger partial charge on any atom is -0.338 e. The lowest BCUT2D eigenvalue weighted by molar-refractivity contribution is -0.118. The molecule has 0 saturated carbocycles. The predicted molar refractivity (Wildman–Crippen MR) is 77.2 cm³/mol. The Labute approximate surface area is 113 Å². The summed E-state index contributed by atoms with van der Waals surface area (Å²) in [7, 11) is 0. The Kier molecular flexibility index (Phi) is 5.85. The second-order valence-corrected chi connectivity index (χ2v) is 4.60. The van der Waals surface area contributed by atoms with Crippen LogP contribution in [0.2, 0.25) is 0 Å². The third-order valence-corrected chi connectivity index (χ3v) is 2.47. The van der Waals surface area contributed by atoms with E-state index in [0.717, 1.165) is 12.1 Å². The molecule has 0 bridgehead atoms. The molecule has 0 fully saturated rings. The Hall–Kier alpha value is -2.04.